The summed E-state index contributed by atoms with van der Waals surface area (Å²) in [5.41, 5.74) is 1.79. The predicted octanol–water partition coefficient (Wildman–Crippen LogP) is 5.24. The molecular formula is C23H24ClNO5S. The van der Waals surface area contributed by atoms with E-state index in [1.54, 1.807) is 19.1 Å². The van der Waals surface area contributed by atoms with Gasteiger partial charge in [0.2, 0.25) is 5.91 Å². The van der Waals surface area contributed by atoms with Gasteiger partial charge in [0.25, 0.3) is 0 Å². The molecule has 0 unspecified atom stereocenters. The number of thiophene rings is 1. The zero-order valence-electron chi connectivity index (χ0n) is 17.3. The van der Waals surface area contributed by atoms with Gasteiger partial charge in [0.05, 0.1) is 18.4 Å². The van der Waals surface area contributed by atoms with E-state index in [-0.39, 0.29) is 24.3 Å². The number of rotatable bonds is 6. The fraction of sp³-hybridized carbons (Fsp3) is 0.435. The van der Waals surface area contributed by atoms with E-state index < -0.39 is 23.8 Å². The Morgan fingerprint density at radius 3 is 2.42 bits per heavy atom. The van der Waals surface area contributed by atoms with E-state index in [4.69, 9.17) is 16.3 Å². The van der Waals surface area contributed by atoms with Crippen molar-refractivity contribution in [3.05, 3.63) is 39.7 Å². The highest BCUT2D eigenvalue weighted by Gasteiger charge is 2.54. The van der Waals surface area contributed by atoms with Gasteiger partial charge in [-0.3, -0.25) is 9.59 Å². The van der Waals surface area contributed by atoms with Crippen LogP contribution in [0.3, 0.4) is 0 Å². The summed E-state index contributed by atoms with van der Waals surface area (Å²) in [6.07, 6.45) is 2.51. The smallest absolute Gasteiger partial charge is 0.341 e. The number of halogens is 1. The fourth-order valence-electron chi connectivity index (χ4n) is 5.21. The molecule has 1 aromatic carbocycles. The van der Waals surface area contributed by atoms with E-state index in [1.165, 1.54) is 11.3 Å². The zero-order valence-corrected chi connectivity index (χ0v) is 18.9. The van der Waals surface area contributed by atoms with Crippen LogP contribution in [0.1, 0.15) is 41.4 Å². The molecule has 6 nitrogen and oxygen atoms in total. The van der Waals surface area contributed by atoms with E-state index >= 15 is 0 Å². The second-order valence-electron chi connectivity index (χ2n) is 8.18. The number of fused-ring (bicyclic) bond motifs is 2. The second kappa shape index (κ2) is 8.63. The number of amides is 1. The van der Waals surface area contributed by atoms with Crippen LogP contribution in [0.4, 0.5) is 5.00 Å². The van der Waals surface area contributed by atoms with E-state index in [0.29, 0.717) is 21.2 Å². The normalized spacial score (nSPS) is 24.2. The van der Waals surface area contributed by atoms with Gasteiger partial charge in [0.1, 0.15) is 10.6 Å². The molecule has 8 heteroatoms. The molecule has 2 N–H and O–H groups in total. The molecule has 1 heterocycles. The molecule has 2 bridgehead atoms. The zero-order chi connectivity index (χ0) is 22.3. The number of carboxylic acids is 1. The van der Waals surface area contributed by atoms with Gasteiger partial charge >= 0.3 is 11.9 Å². The Bertz CT molecular complexity index is 1030. The molecule has 0 aliphatic heterocycles. The van der Waals surface area contributed by atoms with Gasteiger partial charge in [-0.2, -0.15) is 0 Å². The molecule has 4 atom stereocenters. The van der Waals surface area contributed by atoms with E-state index in [9.17, 15) is 19.5 Å². The monoisotopic (exact) mass is 461 g/mol. The Kier molecular flexibility index (Phi) is 6.08. The highest BCUT2D eigenvalue weighted by atomic mass is 35.5. The summed E-state index contributed by atoms with van der Waals surface area (Å²) in [6, 6.07) is 7.13. The Balaban J connectivity index is 1.70. The average molecular weight is 462 g/mol. The minimum absolute atomic E-state index is 0.0532. The third-order valence-corrected chi connectivity index (χ3v) is 7.71. The van der Waals surface area contributed by atoms with Crippen molar-refractivity contribution in [3.63, 3.8) is 0 Å². The van der Waals surface area contributed by atoms with Crippen LogP contribution in [0.2, 0.25) is 5.02 Å². The maximum Gasteiger partial charge on any atom is 0.341 e. The van der Waals surface area contributed by atoms with Crippen molar-refractivity contribution in [1.29, 1.82) is 0 Å². The molecule has 2 aromatic rings. The molecule has 1 amide bonds. The molecule has 2 aliphatic rings. The Morgan fingerprint density at radius 1 is 1.16 bits per heavy atom. The Morgan fingerprint density at radius 2 is 1.81 bits per heavy atom. The Hall–Kier alpha value is -2.38. The number of carboxylic acid groups (broad SMARTS) is 1. The van der Waals surface area contributed by atoms with Gasteiger partial charge in [0.15, 0.2) is 0 Å². The lowest BCUT2D eigenvalue weighted by Crippen LogP contribution is -2.37. The molecule has 2 fully saturated rings. The molecule has 164 valence electrons. The van der Waals surface area contributed by atoms with Crippen LogP contribution in [0.25, 0.3) is 11.1 Å². The number of aliphatic carboxylic acids is 1. The molecule has 0 spiro atoms. The first-order valence-electron chi connectivity index (χ1n) is 10.4. The standard InChI is InChI=1S/C23H24ClNO5S/c1-3-30-23(29)19-16(12-6-8-15(24)9-7-12)11(2)31-21(19)25-20(26)17-13-4-5-14(10-13)18(17)22(27)28/h6-9,13-14,17-18H,3-5,10H2,1-2H3,(H,25,26)(H,27,28)/t13-,14-,17-,18+/m0/s1. The molecule has 31 heavy (non-hydrogen) atoms. The maximum atomic E-state index is 13.2. The van der Waals surface area contributed by atoms with Gasteiger partial charge in [-0.25, -0.2) is 4.79 Å². The van der Waals surface area contributed by atoms with Crippen molar-refractivity contribution >= 4 is 45.8 Å². The van der Waals surface area contributed by atoms with Gasteiger partial charge < -0.3 is 15.2 Å². The van der Waals surface area contributed by atoms with Gasteiger partial charge in [-0.05, 0) is 62.6 Å². The van der Waals surface area contributed by atoms with Crippen LogP contribution in [-0.2, 0) is 14.3 Å². The summed E-state index contributed by atoms with van der Waals surface area (Å²) < 4.78 is 5.28. The van der Waals surface area contributed by atoms with Crippen LogP contribution >= 0.6 is 22.9 Å². The van der Waals surface area contributed by atoms with Crippen molar-refractivity contribution < 1.29 is 24.2 Å². The first kappa shape index (κ1) is 21.8. The van der Waals surface area contributed by atoms with Crippen LogP contribution < -0.4 is 5.32 Å². The first-order chi connectivity index (χ1) is 14.8. The minimum atomic E-state index is -0.915. The van der Waals surface area contributed by atoms with E-state index in [0.717, 1.165) is 29.7 Å². The topological polar surface area (TPSA) is 92.7 Å². The van der Waals surface area contributed by atoms with Crippen molar-refractivity contribution in [2.24, 2.45) is 23.7 Å². The number of carbonyl (C=O) groups is 3. The third-order valence-electron chi connectivity index (χ3n) is 6.44. The summed E-state index contributed by atoms with van der Waals surface area (Å²) in [6.45, 7) is 3.81. The predicted molar refractivity (Wildman–Crippen MR) is 120 cm³/mol. The number of benzene rings is 1. The highest BCUT2D eigenvalue weighted by molar-refractivity contribution is 7.17. The van der Waals surface area contributed by atoms with Gasteiger partial charge in [-0.1, -0.05) is 23.7 Å². The highest BCUT2D eigenvalue weighted by Crippen LogP contribution is 2.53. The number of hydrogen-bond donors (Lipinski definition) is 2. The van der Waals surface area contributed by atoms with Crippen molar-refractivity contribution in [1.82, 2.24) is 0 Å². The molecule has 0 radical (unpaired) electrons. The number of anilines is 1. The first-order valence-corrected chi connectivity index (χ1v) is 11.6. The SMILES string of the molecule is CCOC(=O)c1c(NC(=O)[C@H]2[C@H]3CC[C@@H](C3)[C@H]2C(=O)O)sc(C)c1-c1ccc(Cl)cc1. The van der Waals surface area contributed by atoms with Crippen LogP contribution in [-0.4, -0.2) is 29.6 Å². The second-order valence-corrected chi connectivity index (χ2v) is 9.84. The quantitative estimate of drug-likeness (QED) is 0.574. The molecule has 4 rings (SSSR count). The lowest BCUT2D eigenvalue weighted by Gasteiger charge is -2.26. The largest absolute Gasteiger partial charge is 0.481 e. The molecule has 0 saturated heterocycles. The maximum absolute atomic E-state index is 13.2. The third kappa shape index (κ3) is 3.96. The van der Waals surface area contributed by atoms with Gasteiger partial charge in [-0.15, -0.1) is 11.3 Å². The number of esters is 1. The number of carbonyl (C=O) groups excluding carboxylic acids is 2. The minimum Gasteiger partial charge on any atom is -0.481 e. The van der Waals surface area contributed by atoms with Crippen LogP contribution in [0, 0.1) is 30.6 Å². The summed E-state index contributed by atoms with van der Waals surface area (Å²) in [5, 5.41) is 13.6. The number of ether oxygens (including phenoxy) is 1. The summed E-state index contributed by atoms with van der Waals surface area (Å²) in [5.74, 6) is -2.87. The van der Waals surface area contributed by atoms with Crippen LogP contribution in [0.5, 0.6) is 0 Å². The summed E-state index contributed by atoms with van der Waals surface area (Å²) >= 11 is 7.31. The number of nitrogens with one attached hydrogen (secondary N) is 1. The fourth-order valence-corrected chi connectivity index (χ4v) is 6.41. The van der Waals surface area contributed by atoms with Crippen molar-refractivity contribution in [3.8, 4) is 11.1 Å². The number of hydrogen-bond acceptors (Lipinski definition) is 5. The van der Waals surface area contributed by atoms with Gasteiger partial charge in [0, 0.05) is 15.5 Å². The van der Waals surface area contributed by atoms with E-state index in [1.807, 2.05) is 19.1 Å². The number of aryl methyl sites for hydroxylation is 1. The average Bonchev–Trinajstić information content (AvgIpc) is 3.41. The van der Waals surface area contributed by atoms with E-state index in [2.05, 4.69) is 5.32 Å². The molecule has 2 aliphatic carbocycles. The molecular weight excluding hydrogens is 438 g/mol. The van der Waals surface area contributed by atoms with Crippen molar-refractivity contribution in [2.75, 3.05) is 11.9 Å². The lowest BCUT2D eigenvalue weighted by atomic mass is 9.78. The molecule has 2 saturated carbocycles. The van der Waals surface area contributed by atoms with Crippen LogP contribution in [0.15, 0.2) is 24.3 Å². The molecule has 1 aromatic heterocycles. The summed E-state index contributed by atoms with van der Waals surface area (Å²) in [4.78, 5) is 38.8. The summed E-state index contributed by atoms with van der Waals surface area (Å²) in [7, 11) is 0. The van der Waals surface area contributed by atoms with Crippen molar-refractivity contribution in [2.45, 2.75) is 33.1 Å². The lowest BCUT2D eigenvalue weighted by molar-refractivity contribution is -0.148. The Labute approximate surface area is 189 Å².